The SMILES string of the molecule is CN=C(NCc1ccc(S(=O)(=O)N(C)C)cc1)NCC(C)Oc1ccc(F)cc1.I. The Labute approximate surface area is 194 Å². The van der Waals surface area contributed by atoms with Crippen LogP contribution >= 0.6 is 24.0 Å². The maximum absolute atomic E-state index is 12.9. The maximum Gasteiger partial charge on any atom is 0.242 e. The third-order valence-electron chi connectivity index (χ3n) is 4.09. The summed E-state index contributed by atoms with van der Waals surface area (Å²) in [5.74, 6) is 0.876. The molecule has 30 heavy (non-hydrogen) atoms. The molecule has 10 heteroatoms. The molecule has 0 heterocycles. The van der Waals surface area contributed by atoms with Gasteiger partial charge in [0, 0.05) is 27.7 Å². The van der Waals surface area contributed by atoms with Crippen LogP contribution in [0.15, 0.2) is 58.4 Å². The molecule has 1 atom stereocenters. The third kappa shape index (κ3) is 7.73. The van der Waals surface area contributed by atoms with E-state index in [9.17, 15) is 12.8 Å². The zero-order chi connectivity index (χ0) is 21.4. The van der Waals surface area contributed by atoms with Crippen LogP contribution in [0.25, 0.3) is 0 Å². The van der Waals surface area contributed by atoms with Crippen LogP contribution in [-0.2, 0) is 16.6 Å². The smallest absolute Gasteiger partial charge is 0.242 e. The van der Waals surface area contributed by atoms with Gasteiger partial charge >= 0.3 is 0 Å². The molecule has 0 bridgehead atoms. The number of nitrogens with zero attached hydrogens (tertiary/aromatic N) is 2. The Balaban J connectivity index is 0.00000450. The fourth-order valence-corrected chi connectivity index (χ4v) is 3.33. The Kier molecular flexibility index (Phi) is 10.5. The minimum absolute atomic E-state index is 0. The van der Waals surface area contributed by atoms with Gasteiger partial charge in [-0.15, -0.1) is 24.0 Å². The molecule has 0 saturated carbocycles. The number of halogens is 2. The summed E-state index contributed by atoms with van der Waals surface area (Å²) in [6.45, 7) is 2.87. The molecule has 0 radical (unpaired) electrons. The van der Waals surface area contributed by atoms with E-state index >= 15 is 0 Å². The van der Waals surface area contributed by atoms with Gasteiger partial charge in [0.05, 0.1) is 11.4 Å². The second kappa shape index (κ2) is 12.1. The molecule has 0 aliphatic heterocycles. The molecule has 166 valence electrons. The molecular weight excluding hydrogens is 522 g/mol. The van der Waals surface area contributed by atoms with Crippen molar-refractivity contribution in [3.05, 3.63) is 59.9 Å². The van der Waals surface area contributed by atoms with Crippen molar-refractivity contribution in [2.45, 2.75) is 24.5 Å². The van der Waals surface area contributed by atoms with Gasteiger partial charge in [-0.1, -0.05) is 12.1 Å². The van der Waals surface area contributed by atoms with Gasteiger partial charge in [-0.05, 0) is 48.9 Å². The molecular formula is C20H28FIN4O3S. The zero-order valence-corrected chi connectivity index (χ0v) is 20.6. The molecule has 0 aliphatic carbocycles. The molecule has 0 spiro atoms. The van der Waals surface area contributed by atoms with E-state index in [4.69, 9.17) is 4.74 Å². The van der Waals surface area contributed by atoms with Crippen LogP contribution in [-0.4, -0.2) is 52.5 Å². The van der Waals surface area contributed by atoms with E-state index in [1.807, 2.05) is 6.92 Å². The van der Waals surface area contributed by atoms with Gasteiger partial charge in [0.1, 0.15) is 17.7 Å². The second-order valence-electron chi connectivity index (χ2n) is 6.62. The Morgan fingerprint density at radius 1 is 1.10 bits per heavy atom. The minimum atomic E-state index is -3.43. The van der Waals surface area contributed by atoms with Crippen molar-refractivity contribution in [2.24, 2.45) is 4.99 Å². The summed E-state index contributed by atoms with van der Waals surface area (Å²) in [4.78, 5) is 4.41. The third-order valence-corrected chi connectivity index (χ3v) is 5.92. The standard InChI is InChI=1S/C20H27FN4O3S.HI/c1-15(28-18-9-7-17(21)8-10-18)13-23-20(22-2)24-14-16-5-11-19(12-6-16)29(26,27)25(3)4;/h5-12,15H,13-14H2,1-4H3,(H2,22,23,24);1H. The number of nitrogens with one attached hydrogen (secondary N) is 2. The number of aliphatic imine (C=N–C) groups is 1. The highest BCUT2D eigenvalue weighted by atomic mass is 127. The van der Waals surface area contributed by atoms with E-state index < -0.39 is 10.0 Å². The van der Waals surface area contributed by atoms with E-state index in [1.165, 1.54) is 30.5 Å². The first-order chi connectivity index (χ1) is 13.7. The van der Waals surface area contributed by atoms with E-state index in [0.29, 0.717) is 24.8 Å². The Morgan fingerprint density at radius 2 is 1.70 bits per heavy atom. The Bertz CT molecular complexity index is 920. The Morgan fingerprint density at radius 3 is 2.23 bits per heavy atom. The summed E-state index contributed by atoms with van der Waals surface area (Å²) in [6, 6.07) is 12.6. The van der Waals surface area contributed by atoms with Gasteiger partial charge in [-0.25, -0.2) is 17.1 Å². The van der Waals surface area contributed by atoms with Crippen molar-refractivity contribution >= 4 is 40.0 Å². The average Bonchev–Trinajstić information content (AvgIpc) is 2.70. The van der Waals surface area contributed by atoms with Crippen LogP contribution in [0.1, 0.15) is 12.5 Å². The zero-order valence-electron chi connectivity index (χ0n) is 17.4. The van der Waals surface area contributed by atoms with Crippen molar-refractivity contribution < 1.29 is 17.5 Å². The second-order valence-corrected chi connectivity index (χ2v) is 8.77. The summed E-state index contributed by atoms with van der Waals surface area (Å²) in [6.07, 6.45) is -0.158. The van der Waals surface area contributed by atoms with Crippen LogP contribution in [0.4, 0.5) is 4.39 Å². The highest BCUT2D eigenvalue weighted by molar-refractivity contribution is 14.0. The largest absolute Gasteiger partial charge is 0.489 e. The fraction of sp³-hybridized carbons (Fsp3) is 0.350. The summed E-state index contributed by atoms with van der Waals surface area (Å²) in [5, 5.41) is 6.33. The number of hydrogen-bond donors (Lipinski definition) is 2. The number of hydrogen-bond acceptors (Lipinski definition) is 4. The number of benzene rings is 2. The van der Waals surface area contributed by atoms with Crippen LogP contribution in [0.2, 0.25) is 0 Å². The normalized spacial score (nSPS) is 12.8. The average molecular weight is 550 g/mol. The predicted molar refractivity (Wildman–Crippen MR) is 127 cm³/mol. The first-order valence-corrected chi connectivity index (χ1v) is 10.5. The summed E-state index contributed by atoms with van der Waals surface area (Å²) in [5.41, 5.74) is 0.918. The van der Waals surface area contributed by atoms with Crippen LogP contribution < -0.4 is 15.4 Å². The van der Waals surface area contributed by atoms with Gasteiger partial charge in [-0.3, -0.25) is 4.99 Å². The van der Waals surface area contributed by atoms with Gasteiger partial charge in [0.15, 0.2) is 5.96 Å². The molecule has 0 aliphatic rings. The van der Waals surface area contributed by atoms with Crippen molar-refractivity contribution in [1.82, 2.24) is 14.9 Å². The van der Waals surface area contributed by atoms with Crippen molar-refractivity contribution in [3.63, 3.8) is 0 Å². The molecule has 2 N–H and O–H groups in total. The molecule has 0 saturated heterocycles. The molecule has 1 unspecified atom stereocenters. The van der Waals surface area contributed by atoms with E-state index in [1.54, 1.807) is 43.4 Å². The molecule has 2 rings (SSSR count). The lowest BCUT2D eigenvalue weighted by Crippen LogP contribution is -2.41. The fourth-order valence-electron chi connectivity index (χ4n) is 2.42. The van der Waals surface area contributed by atoms with Gasteiger partial charge in [0.25, 0.3) is 0 Å². The molecule has 0 amide bonds. The number of guanidine groups is 1. The van der Waals surface area contributed by atoms with Crippen LogP contribution in [0.3, 0.4) is 0 Å². The first-order valence-electron chi connectivity index (χ1n) is 9.10. The molecule has 0 fully saturated rings. The lowest BCUT2D eigenvalue weighted by Gasteiger charge is -2.18. The van der Waals surface area contributed by atoms with Crippen molar-refractivity contribution in [2.75, 3.05) is 27.7 Å². The van der Waals surface area contributed by atoms with E-state index in [-0.39, 0.29) is 40.8 Å². The number of ether oxygens (including phenoxy) is 1. The maximum atomic E-state index is 12.9. The molecule has 2 aromatic rings. The van der Waals surface area contributed by atoms with Gasteiger partial charge in [-0.2, -0.15) is 0 Å². The minimum Gasteiger partial charge on any atom is -0.489 e. The highest BCUT2D eigenvalue weighted by Gasteiger charge is 2.16. The monoisotopic (exact) mass is 550 g/mol. The summed E-state index contributed by atoms with van der Waals surface area (Å²) >= 11 is 0. The number of sulfonamides is 1. The first kappa shape index (κ1) is 26.1. The van der Waals surface area contributed by atoms with E-state index in [2.05, 4.69) is 15.6 Å². The Hall–Kier alpha value is -1.92. The van der Waals surface area contributed by atoms with E-state index in [0.717, 1.165) is 5.56 Å². The van der Waals surface area contributed by atoms with Crippen LogP contribution in [0.5, 0.6) is 5.75 Å². The lowest BCUT2D eigenvalue weighted by molar-refractivity contribution is 0.223. The van der Waals surface area contributed by atoms with Crippen LogP contribution in [0, 0.1) is 5.82 Å². The van der Waals surface area contributed by atoms with Crippen molar-refractivity contribution in [1.29, 1.82) is 0 Å². The van der Waals surface area contributed by atoms with Gasteiger partial charge in [0.2, 0.25) is 10.0 Å². The quantitative estimate of drug-likeness (QED) is 0.300. The van der Waals surface area contributed by atoms with Crippen molar-refractivity contribution in [3.8, 4) is 5.75 Å². The summed E-state index contributed by atoms with van der Waals surface area (Å²) in [7, 11) is 1.23. The summed E-state index contributed by atoms with van der Waals surface area (Å²) < 4.78 is 44.0. The predicted octanol–water partition coefficient (Wildman–Crippen LogP) is 2.83. The highest BCUT2D eigenvalue weighted by Crippen LogP contribution is 2.14. The topological polar surface area (TPSA) is 83.0 Å². The molecule has 7 nitrogen and oxygen atoms in total. The van der Waals surface area contributed by atoms with Gasteiger partial charge < -0.3 is 15.4 Å². The lowest BCUT2D eigenvalue weighted by atomic mass is 10.2. The number of rotatable bonds is 8. The molecule has 2 aromatic carbocycles. The molecule has 0 aromatic heterocycles.